The SMILES string of the molecule is C1=CCC2c3cc4c5c6c(cc7ccc8cc9c%10c%11c(cc(c%12c3c5c(c%12%11)c3c%10c8c7c63)C2C1)C9)C4. The molecule has 0 heterocycles. The summed E-state index contributed by atoms with van der Waals surface area (Å²) in [6.07, 6.45) is 9.54. The maximum absolute atomic E-state index is 2.68. The lowest BCUT2D eigenvalue weighted by atomic mass is 9.69. The predicted octanol–water partition coefficient (Wildman–Crippen LogP) is 9.44. The van der Waals surface area contributed by atoms with Gasteiger partial charge in [0.05, 0.1) is 0 Å². The van der Waals surface area contributed by atoms with Crippen molar-refractivity contribution in [1.82, 2.24) is 0 Å². The zero-order chi connectivity index (χ0) is 22.3. The number of fused-ring (bicyclic) bond motifs is 3. The minimum absolute atomic E-state index is 0.634. The second-order valence-corrected chi connectivity index (χ2v) is 12.6. The van der Waals surface area contributed by atoms with Gasteiger partial charge in [-0.2, -0.15) is 0 Å². The van der Waals surface area contributed by atoms with E-state index in [4.69, 9.17) is 0 Å². The highest BCUT2D eigenvalue weighted by molar-refractivity contribution is 6.58. The summed E-state index contributed by atoms with van der Waals surface area (Å²) < 4.78 is 0. The van der Waals surface area contributed by atoms with Crippen LogP contribution in [0.5, 0.6) is 0 Å². The van der Waals surface area contributed by atoms with Crippen LogP contribution >= 0.6 is 0 Å². The van der Waals surface area contributed by atoms with Crippen LogP contribution in [0.3, 0.4) is 0 Å². The smallest absolute Gasteiger partial charge is 0.0000272 e. The van der Waals surface area contributed by atoms with Gasteiger partial charge in [-0.25, -0.2) is 0 Å². The Kier molecular flexibility index (Phi) is 1.95. The van der Waals surface area contributed by atoms with Crippen LogP contribution in [-0.4, -0.2) is 0 Å². The fraction of sp³-hybridized carbons (Fsp3) is 0.167. The van der Waals surface area contributed by atoms with Crippen LogP contribution in [0.1, 0.15) is 58.1 Å². The maximum atomic E-state index is 2.68. The monoisotopic (exact) mass is 450 g/mol. The highest BCUT2D eigenvalue weighted by atomic mass is 14.4. The Bertz CT molecular complexity index is 2400. The van der Waals surface area contributed by atoms with Crippen molar-refractivity contribution in [1.29, 1.82) is 0 Å². The Hall–Kier alpha value is -3.90. The first kappa shape index (κ1) is 16.0. The van der Waals surface area contributed by atoms with Crippen LogP contribution < -0.4 is 0 Å². The molecule has 0 amide bonds. The van der Waals surface area contributed by atoms with Crippen LogP contribution in [0.15, 0.2) is 48.6 Å². The van der Waals surface area contributed by atoms with Gasteiger partial charge in [-0.05, 0) is 157 Å². The highest BCUT2D eigenvalue weighted by Crippen LogP contribution is 2.65. The lowest BCUT2D eigenvalue weighted by molar-refractivity contribution is 0.529. The van der Waals surface area contributed by atoms with Crippen molar-refractivity contribution < 1.29 is 0 Å². The summed E-state index contributed by atoms with van der Waals surface area (Å²) in [4.78, 5) is 0. The van der Waals surface area contributed by atoms with Gasteiger partial charge in [-0.15, -0.1) is 0 Å². The van der Waals surface area contributed by atoms with Gasteiger partial charge in [0.15, 0.2) is 0 Å². The standard InChI is InChI=1S/C36H18/c1-2-4-20-19(3-1)21-11-17-9-15-7-13-5-6-14-8-16-10-18-12-22(20)30-29(21)33-27(17)25(15)31-23(13)24(14)32-26(16)28(18)34(30)36(33)35(31)32/h1-2,5-8,11-12,19-20H,3-4,9-10H2. The van der Waals surface area contributed by atoms with Gasteiger partial charge in [0, 0.05) is 0 Å². The predicted molar refractivity (Wildman–Crippen MR) is 152 cm³/mol. The first-order valence-electron chi connectivity index (χ1n) is 13.8. The number of allylic oxidation sites excluding steroid dienone is 2. The van der Waals surface area contributed by atoms with Crippen molar-refractivity contribution in [3.8, 4) is 0 Å². The van der Waals surface area contributed by atoms with Crippen LogP contribution in [0.2, 0.25) is 0 Å². The lowest BCUT2D eigenvalue weighted by Gasteiger charge is -2.35. The Balaban J connectivity index is 1.54. The molecule has 0 saturated heterocycles. The molecule has 9 aromatic rings. The molecule has 0 fully saturated rings. The lowest BCUT2D eigenvalue weighted by Crippen LogP contribution is -2.17. The average molecular weight is 451 g/mol. The van der Waals surface area contributed by atoms with E-state index in [-0.39, 0.29) is 0 Å². The molecule has 2 atom stereocenters. The van der Waals surface area contributed by atoms with E-state index in [0.29, 0.717) is 11.8 Å². The van der Waals surface area contributed by atoms with Crippen molar-refractivity contribution in [2.24, 2.45) is 0 Å². The highest BCUT2D eigenvalue weighted by Gasteiger charge is 2.41. The molecule has 0 nitrogen and oxygen atoms in total. The Morgan fingerprint density at radius 3 is 1.25 bits per heavy atom. The molecule has 0 aliphatic heterocycles. The molecule has 9 aromatic carbocycles. The summed E-state index contributed by atoms with van der Waals surface area (Å²) in [6.45, 7) is 0. The zero-order valence-electron chi connectivity index (χ0n) is 19.6. The van der Waals surface area contributed by atoms with E-state index in [1.54, 1.807) is 109 Å². The summed E-state index contributed by atoms with van der Waals surface area (Å²) in [5.41, 5.74) is 9.71. The van der Waals surface area contributed by atoms with E-state index >= 15 is 0 Å². The first-order chi connectivity index (χ1) is 17.9. The Morgan fingerprint density at radius 1 is 0.389 bits per heavy atom. The van der Waals surface area contributed by atoms with Crippen LogP contribution in [0.4, 0.5) is 0 Å². The van der Waals surface area contributed by atoms with Gasteiger partial charge in [0.1, 0.15) is 0 Å². The largest absolute Gasteiger partial charge is 0.0879 e. The summed E-state index contributed by atoms with van der Waals surface area (Å²) in [6, 6.07) is 15.3. The number of hydrogen-bond donors (Lipinski definition) is 0. The summed E-state index contributed by atoms with van der Waals surface area (Å²) >= 11 is 0. The van der Waals surface area contributed by atoms with Crippen molar-refractivity contribution in [2.75, 3.05) is 0 Å². The van der Waals surface area contributed by atoms with E-state index in [9.17, 15) is 0 Å². The molecule has 0 bridgehead atoms. The second kappa shape index (κ2) is 4.39. The molecule has 0 saturated carbocycles. The van der Waals surface area contributed by atoms with E-state index in [1.165, 1.54) is 23.6 Å². The fourth-order valence-corrected chi connectivity index (χ4v) is 10.5. The first-order valence-corrected chi connectivity index (χ1v) is 13.8. The maximum Gasteiger partial charge on any atom is -0.0000272 e. The summed E-state index contributed by atoms with van der Waals surface area (Å²) in [7, 11) is 0. The van der Waals surface area contributed by atoms with Gasteiger partial charge < -0.3 is 0 Å². The van der Waals surface area contributed by atoms with Gasteiger partial charge >= 0.3 is 0 Å². The average Bonchev–Trinajstić information content (AvgIpc) is 3.64. The molecular weight excluding hydrogens is 432 g/mol. The third kappa shape index (κ3) is 1.23. The summed E-state index contributed by atoms with van der Waals surface area (Å²) in [5, 5.41) is 25.5. The van der Waals surface area contributed by atoms with Crippen LogP contribution in [0, 0.1) is 0 Å². The molecule has 36 heavy (non-hydrogen) atoms. The van der Waals surface area contributed by atoms with Crippen molar-refractivity contribution in [3.63, 3.8) is 0 Å². The second-order valence-electron chi connectivity index (χ2n) is 12.6. The molecule has 0 aromatic heterocycles. The van der Waals surface area contributed by atoms with Gasteiger partial charge in [-0.3, -0.25) is 0 Å². The van der Waals surface area contributed by atoms with Gasteiger partial charge in [0.25, 0.3) is 0 Å². The number of benzene rings is 7. The molecule has 13 rings (SSSR count). The summed E-state index contributed by atoms with van der Waals surface area (Å²) in [5.74, 6) is 1.27. The molecule has 2 unspecified atom stereocenters. The minimum Gasteiger partial charge on any atom is -0.0879 e. The molecule has 4 aliphatic carbocycles. The minimum atomic E-state index is 0.634. The van der Waals surface area contributed by atoms with Gasteiger partial charge in [0.2, 0.25) is 0 Å². The van der Waals surface area contributed by atoms with E-state index in [2.05, 4.69) is 48.6 Å². The number of hydrogen-bond acceptors (Lipinski definition) is 0. The van der Waals surface area contributed by atoms with Gasteiger partial charge in [-0.1, -0.05) is 48.6 Å². The molecule has 0 spiro atoms. The normalized spacial score (nSPS) is 21.9. The third-order valence-corrected chi connectivity index (χ3v) is 11.4. The Morgan fingerprint density at radius 2 is 0.778 bits per heavy atom. The molecule has 0 N–H and O–H groups in total. The molecule has 4 aliphatic rings. The topological polar surface area (TPSA) is 0 Å². The molecule has 0 radical (unpaired) electrons. The van der Waals surface area contributed by atoms with E-state index in [1.807, 2.05) is 0 Å². The van der Waals surface area contributed by atoms with Crippen molar-refractivity contribution in [3.05, 3.63) is 81.9 Å². The van der Waals surface area contributed by atoms with Crippen LogP contribution in [0.25, 0.3) is 86.2 Å². The zero-order valence-corrected chi connectivity index (χ0v) is 19.6. The molecule has 162 valence electrons. The Labute approximate surface area is 205 Å². The molecular formula is C36H18. The fourth-order valence-electron chi connectivity index (χ4n) is 10.5. The van der Waals surface area contributed by atoms with E-state index < -0.39 is 0 Å². The molecule has 0 heteroatoms. The quantitative estimate of drug-likeness (QED) is 0.159. The van der Waals surface area contributed by atoms with Crippen molar-refractivity contribution in [2.45, 2.75) is 37.5 Å². The van der Waals surface area contributed by atoms with E-state index in [0.717, 1.165) is 12.8 Å². The van der Waals surface area contributed by atoms with Crippen LogP contribution in [-0.2, 0) is 12.8 Å². The van der Waals surface area contributed by atoms with Crippen molar-refractivity contribution >= 4 is 86.2 Å². The third-order valence-electron chi connectivity index (χ3n) is 11.4. The number of rotatable bonds is 0.